The summed E-state index contributed by atoms with van der Waals surface area (Å²) in [5, 5.41) is 0. The van der Waals surface area contributed by atoms with Gasteiger partial charge in [-0.2, -0.15) is 0 Å². The number of hydrogen-bond donors (Lipinski definition) is 1. The van der Waals surface area contributed by atoms with E-state index in [2.05, 4.69) is 43.1 Å². The molecule has 2 heteroatoms. The lowest BCUT2D eigenvalue weighted by molar-refractivity contribution is 0.372. The number of hydrogen-bond acceptors (Lipinski definition) is 2. The standard InChI is InChI=1S/C13H20N2/c1-10-4-3-5-11(8-10)13(14)12-6-7-15(2)9-12/h3-5,8,12-13H,6-7,9,14H2,1-2H3. The fraction of sp³-hybridized carbons (Fsp3) is 0.538. The van der Waals surface area contributed by atoms with E-state index in [0.717, 1.165) is 6.54 Å². The van der Waals surface area contributed by atoms with Crippen molar-refractivity contribution in [3.63, 3.8) is 0 Å². The van der Waals surface area contributed by atoms with Crippen molar-refractivity contribution in [1.82, 2.24) is 4.90 Å². The predicted octanol–water partition coefficient (Wildman–Crippen LogP) is 1.95. The number of benzene rings is 1. The number of likely N-dealkylation sites (tertiary alicyclic amines) is 1. The van der Waals surface area contributed by atoms with E-state index < -0.39 is 0 Å². The second-order valence-electron chi connectivity index (χ2n) is 4.75. The minimum atomic E-state index is 0.204. The summed E-state index contributed by atoms with van der Waals surface area (Å²) in [6.07, 6.45) is 1.23. The highest BCUT2D eigenvalue weighted by Crippen LogP contribution is 2.27. The molecule has 2 atom stereocenters. The lowest BCUT2D eigenvalue weighted by Gasteiger charge is -2.19. The van der Waals surface area contributed by atoms with Crippen LogP contribution in [0, 0.1) is 12.8 Å². The maximum Gasteiger partial charge on any atom is 0.0336 e. The summed E-state index contributed by atoms with van der Waals surface area (Å²) >= 11 is 0. The molecule has 0 saturated carbocycles. The second kappa shape index (κ2) is 4.33. The fourth-order valence-electron chi connectivity index (χ4n) is 2.41. The number of rotatable bonds is 2. The van der Waals surface area contributed by atoms with Crippen LogP contribution in [0.3, 0.4) is 0 Å². The Kier molecular flexibility index (Phi) is 3.08. The van der Waals surface area contributed by atoms with Crippen molar-refractivity contribution >= 4 is 0 Å². The Morgan fingerprint density at radius 3 is 2.87 bits per heavy atom. The third-order valence-electron chi connectivity index (χ3n) is 3.36. The first-order valence-corrected chi connectivity index (χ1v) is 5.67. The van der Waals surface area contributed by atoms with Crippen molar-refractivity contribution < 1.29 is 0 Å². The lowest BCUT2D eigenvalue weighted by atomic mass is 9.92. The van der Waals surface area contributed by atoms with Gasteiger partial charge in [-0.05, 0) is 38.4 Å². The number of aryl methyl sites for hydroxylation is 1. The molecule has 1 saturated heterocycles. The molecule has 1 aromatic rings. The molecule has 0 bridgehead atoms. The summed E-state index contributed by atoms with van der Waals surface area (Å²) in [5.41, 5.74) is 8.89. The predicted molar refractivity (Wildman–Crippen MR) is 63.7 cm³/mol. The minimum absolute atomic E-state index is 0.204. The molecule has 15 heavy (non-hydrogen) atoms. The van der Waals surface area contributed by atoms with Crippen molar-refractivity contribution in [3.05, 3.63) is 35.4 Å². The Morgan fingerprint density at radius 2 is 2.27 bits per heavy atom. The van der Waals surface area contributed by atoms with Gasteiger partial charge in [0.1, 0.15) is 0 Å². The van der Waals surface area contributed by atoms with E-state index in [1.807, 2.05) is 0 Å². The van der Waals surface area contributed by atoms with Gasteiger partial charge in [0, 0.05) is 12.6 Å². The largest absolute Gasteiger partial charge is 0.324 e. The van der Waals surface area contributed by atoms with Gasteiger partial charge in [-0.3, -0.25) is 0 Å². The number of nitrogens with zero attached hydrogens (tertiary/aromatic N) is 1. The maximum absolute atomic E-state index is 6.30. The quantitative estimate of drug-likeness (QED) is 0.797. The second-order valence-corrected chi connectivity index (χ2v) is 4.75. The average molecular weight is 204 g/mol. The molecule has 0 aliphatic carbocycles. The lowest BCUT2D eigenvalue weighted by Crippen LogP contribution is -2.24. The third-order valence-corrected chi connectivity index (χ3v) is 3.36. The van der Waals surface area contributed by atoms with Gasteiger partial charge in [0.05, 0.1) is 0 Å². The molecule has 0 aromatic heterocycles. The molecule has 2 N–H and O–H groups in total. The van der Waals surface area contributed by atoms with Crippen molar-refractivity contribution in [3.8, 4) is 0 Å². The van der Waals surface area contributed by atoms with Crippen LogP contribution in [-0.4, -0.2) is 25.0 Å². The van der Waals surface area contributed by atoms with Gasteiger partial charge in [-0.25, -0.2) is 0 Å². The van der Waals surface area contributed by atoms with Crippen LogP contribution in [0.1, 0.15) is 23.6 Å². The van der Waals surface area contributed by atoms with Crippen molar-refractivity contribution in [1.29, 1.82) is 0 Å². The Hall–Kier alpha value is -0.860. The highest BCUT2D eigenvalue weighted by atomic mass is 15.1. The Bertz CT molecular complexity index is 335. The molecule has 1 aliphatic rings. The van der Waals surface area contributed by atoms with E-state index in [1.165, 1.54) is 24.1 Å². The molecule has 0 spiro atoms. The van der Waals surface area contributed by atoms with Crippen LogP contribution in [-0.2, 0) is 0 Å². The highest BCUT2D eigenvalue weighted by Gasteiger charge is 2.26. The highest BCUT2D eigenvalue weighted by molar-refractivity contribution is 5.25. The zero-order valence-corrected chi connectivity index (χ0v) is 9.61. The first-order valence-electron chi connectivity index (χ1n) is 5.67. The fourth-order valence-corrected chi connectivity index (χ4v) is 2.41. The van der Waals surface area contributed by atoms with Crippen LogP contribution >= 0.6 is 0 Å². The van der Waals surface area contributed by atoms with Crippen LogP contribution in [0.15, 0.2) is 24.3 Å². The molecule has 2 unspecified atom stereocenters. The van der Waals surface area contributed by atoms with Crippen LogP contribution in [0.2, 0.25) is 0 Å². The van der Waals surface area contributed by atoms with Crippen LogP contribution in [0.25, 0.3) is 0 Å². The molecule has 2 rings (SSSR count). The van der Waals surface area contributed by atoms with E-state index in [0.29, 0.717) is 5.92 Å². The average Bonchev–Trinajstić information content (AvgIpc) is 2.64. The topological polar surface area (TPSA) is 29.3 Å². The summed E-state index contributed by atoms with van der Waals surface area (Å²) in [6, 6.07) is 8.79. The van der Waals surface area contributed by atoms with E-state index in [9.17, 15) is 0 Å². The molecule has 2 nitrogen and oxygen atoms in total. The molecule has 0 amide bonds. The summed E-state index contributed by atoms with van der Waals surface area (Å²) < 4.78 is 0. The first-order chi connectivity index (χ1) is 7.16. The first kappa shape index (κ1) is 10.7. The molecule has 0 radical (unpaired) electrons. The summed E-state index contributed by atoms with van der Waals surface area (Å²) in [4.78, 5) is 2.36. The van der Waals surface area contributed by atoms with Crippen LogP contribution in [0.5, 0.6) is 0 Å². The van der Waals surface area contributed by atoms with Crippen LogP contribution < -0.4 is 5.73 Å². The zero-order chi connectivity index (χ0) is 10.8. The van der Waals surface area contributed by atoms with Crippen molar-refractivity contribution in [2.75, 3.05) is 20.1 Å². The summed E-state index contributed by atoms with van der Waals surface area (Å²) in [6.45, 7) is 4.44. The van der Waals surface area contributed by atoms with Gasteiger partial charge in [0.2, 0.25) is 0 Å². The van der Waals surface area contributed by atoms with Gasteiger partial charge in [0.25, 0.3) is 0 Å². The molecule has 1 aliphatic heterocycles. The Morgan fingerprint density at radius 1 is 1.47 bits per heavy atom. The molecular weight excluding hydrogens is 184 g/mol. The van der Waals surface area contributed by atoms with Gasteiger partial charge < -0.3 is 10.6 Å². The summed E-state index contributed by atoms with van der Waals surface area (Å²) in [5.74, 6) is 0.622. The molecule has 1 aromatic carbocycles. The van der Waals surface area contributed by atoms with Gasteiger partial charge in [-0.1, -0.05) is 29.8 Å². The van der Waals surface area contributed by atoms with Gasteiger partial charge >= 0.3 is 0 Å². The Balaban J connectivity index is 2.10. The molecule has 1 fully saturated rings. The maximum atomic E-state index is 6.30. The van der Waals surface area contributed by atoms with Crippen molar-refractivity contribution in [2.24, 2.45) is 11.7 Å². The minimum Gasteiger partial charge on any atom is -0.324 e. The van der Waals surface area contributed by atoms with E-state index >= 15 is 0 Å². The van der Waals surface area contributed by atoms with E-state index in [-0.39, 0.29) is 6.04 Å². The number of nitrogens with two attached hydrogens (primary N) is 1. The molecule has 1 heterocycles. The smallest absolute Gasteiger partial charge is 0.0336 e. The third kappa shape index (κ3) is 2.39. The molecule has 82 valence electrons. The van der Waals surface area contributed by atoms with E-state index in [4.69, 9.17) is 5.73 Å². The molecular formula is C13H20N2. The monoisotopic (exact) mass is 204 g/mol. The van der Waals surface area contributed by atoms with E-state index in [1.54, 1.807) is 0 Å². The van der Waals surface area contributed by atoms with Crippen LogP contribution in [0.4, 0.5) is 0 Å². The SMILES string of the molecule is Cc1cccc(C(N)C2CCN(C)C2)c1. The van der Waals surface area contributed by atoms with Crippen molar-refractivity contribution in [2.45, 2.75) is 19.4 Å². The Labute approximate surface area is 92.1 Å². The zero-order valence-electron chi connectivity index (χ0n) is 9.61. The summed E-state index contributed by atoms with van der Waals surface area (Å²) in [7, 11) is 2.17. The van der Waals surface area contributed by atoms with Gasteiger partial charge in [0.15, 0.2) is 0 Å². The van der Waals surface area contributed by atoms with Gasteiger partial charge in [-0.15, -0.1) is 0 Å². The normalized spacial score (nSPS) is 24.3.